The van der Waals surface area contributed by atoms with Gasteiger partial charge in [0.05, 0.1) is 11.1 Å². The van der Waals surface area contributed by atoms with E-state index >= 15 is 0 Å². The molecule has 1 unspecified atom stereocenters. The summed E-state index contributed by atoms with van der Waals surface area (Å²) in [4.78, 5) is 0. The lowest BCUT2D eigenvalue weighted by Crippen LogP contribution is -2.18. The van der Waals surface area contributed by atoms with E-state index in [1.807, 2.05) is 6.07 Å². The summed E-state index contributed by atoms with van der Waals surface area (Å²) in [6.07, 6.45) is 2.24. The summed E-state index contributed by atoms with van der Waals surface area (Å²) in [7, 11) is 0. The molecule has 19 heavy (non-hydrogen) atoms. The Morgan fingerprint density at radius 1 is 1.26 bits per heavy atom. The van der Waals surface area contributed by atoms with Crippen LogP contribution in [0.5, 0.6) is 11.5 Å². The number of aliphatic hydroxyl groups excluding tert-OH is 1. The number of fused-ring (bicyclic) bond motifs is 1. The van der Waals surface area contributed by atoms with Gasteiger partial charge >= 0.3 is 0 Å². The predicted octanol–water partition coefficient (Wildman–Crippen LogP) is 2.92. The fourth-order valence-electron chi connectivity index (χ4n) is 2.61. The lowest BCUT2D eigenvalue weighted by molar-refractivity contribution is 0.0435. The molecule has 3 rings (SSSR count). The summed E-state index contributed by atoms with van der Waals surface area (Å²) >= 11 is 6.13. The van der Waals surface area contributed by atoms with E-state index in [4.69, 9.17) is 25.8 Å². The van der Waals surface area contributed by atoms with Crippen molar-refractivity contribution in [3.63, 3.8) is 0 Å². The van der Waals surface area contributed by atoms with Crippen molar-refractivity contribution in [2.24, 2.45) is 5.92 Å². The van der Waals surface area contributed by atoms with Crippen molar-refractivity contribution in [1.82, 2.24) is 0 Å². The second kappa shape index (κ2) is 5.57. The zero-order chi connectivity index (χ0) is 13.2. The molecule has 0 bridgehead atoms. The first kappa shape index (κ1) is 13.0. The van der Waals surface area contributed by atoms with E-state index < -0.39 is 6.10 Å². The van der Waals surface area contributed by atoms with Crippen molar-refractivity contribution >= 4 is 11.6 Å². The molecule has 1 aromatic rings. The predicted molar refractivity (Wildman–Crippen MR) is 70.7 cm³/mol. The third-order valence-electron chi connectivity index (χ3n) is 3.73. The normalized spacial score (nSPS) is 20.5. The van der Waals surface area contributed by atoms with Crippen LogP contribution in [0.4, 0.5) is 0 Å². The van der Waals surface area contributed by atoms with Gasteiger partial charge in [-0.25, -0.2) is 0 Å². The van der Waals surface area contributed by atoms with Gasteiger partial charge in [-0.05, 0) is 42.9 Å². The first-order valence-electron chi connectivity index (χ1n) is 6.59. The maximum atomic E-state index is 10.3. The van der Waals surface area contributed by atoms with Gasteiger partial charge in [0.25, 0.3) is 0 Å². The van der Waals surface area contributed by atoms with Crippen LogP contribution in [0, 0.1) is 5.92 Å². The summed E-state index contributed by atoms with van der Waals surface area (Å²) in [6, 6.07) is 3.58. The quantitative estimate of drug-likeness (QED) is 0.927. The van der Waals surface area contributed by atoms with Crippen LogP contribution < -0.4 is 9.47 Å². The number of aliphatic hydroxyl groups is 1. The molecular formula is C14H17ClO4. The van der Waals surface area contributed by atoms with Crippen molar-refractivity contribution < 1.29 is 19.3 Å². The first-order valence-corrected chi connectivity index (χ1v) is 6.96. The Bertz CT molecular complexity index is 457. The fourth-order valence-corrected chi connectivity index (χ4v) is 2.89. The summed E-state index contributed by atoms with van der Waals surface area (Å²) in [5, 5.41) is 10.8. The van der Waals surface area contributed by atoms with Gasteiger partial charge < -0.3 is 19.3 Å². The minimum Gasteiger partial charge on any atom is -0.454 e. The van der Waals surface area contributed by atoms with E-state index in [0.29, 0.717) is 22.4 Å². The highest BCUT2D eigenvalue weighted by Gasteiger charge is 2.23. The van der Waals surface area contributed by atoms with Gasteiger partial charge in [-0.15, -0.1) is 0 Å². The molecule has 0 saturated carbocycles. The Morgan fingerprint density at radius 2 is 2.05 bits per heavy atom. The number of rotatable bonds is 3. The maximum absolute atomic E-state index is 10.3. The van der Waals surface area contributed by atoms with Crippen LogP contribution >= 0.6 is 11.6 Å². The molecule has 0 radical (unpaired) electrons. The molecule has 104 valence electrons. The zero-order valence-electron chi connectivity index (χ0n) is 10.6. The van der Waals surface area contributed by atoms with E-state index in [1.54, 1.807) is 6.07 Å². The van der Waals surface area contributed by atoms with Gasteiger partial charge in [0.15, 0.2) is 11.5 Å². The molecule has 1 saturated heterocycles. The number of benzene rings is 1. The van der Waals surface area contributed by atoms with Crippen molar-refractivity contribution in [2.75, 3.05) is 20.0 Å². The Morgan fingerprint density at radius 3 is 2.84 bits per heavy atom. The molecular weight excluding hydrogens is 268 g/mol. The van der Waals surface area contributed by atoms with Crippen LogP contribution in [0.15, 0.2) is 12.1 Å². The van der Waals surface area contributed by atoms with Crippen LogP contribution in [0.25, 0.3) is 0 Å². The van der Waals surface area contributed by atoms with Gasteiger partial charge in [-0.3, -0.25) is 0 Å². The number of ether oxygens (including phenoxy) is 3. The average Bonchev–Trinajstić information content (AvgIpc) is 2.88. The minimum atomic E-state index is -0.518. The third kappa shape index (κ3) is 2.81. The Kier molecular flexibility index (Phi) is 3.82. The third-order valence-corrected chi connectivity index (χ3v) is 4.01. The Hall–Kier alpha value is -0.970. The molecule has 2 heterocycles. The highest BCUT2D eigenvalue weighted by atomic mass is 35.5. The highest BCUT2D eigenvalue weighted by molar-refractivity contribution is 6.32. The van der Waals surface area contributed by atoms with E-state index in [2.05, 4.69) is 0 Å². The van der Waals surface area contributed by atoms with Crippen molar-refractivity contribution in [3.05, 3.63) is 22.7 Å². The van der Waals surface area contributed by atoms with Gasteiger partial charge in [0.2, 0.25) is 6.79 Å². The molecule has 1 atom stereocenters. The summed E-state index contributed by atoms with van der Waals surface area (Å²) in [5.74, 6) is 1.70. The number of hydrogen-bond acceptors (Lipinski definition) is 4. The molecule has 2 aliphatic heterocycles. The zero-order valence-corrected chi connectivity index (χ0v) is 11.4. The van der Waals surface area contributed by atoms with Crippen molar-refractivity contribution in [3.8, 4) is 11.5 Å². The second-order valence-corrected chi connectivity index (χ2v) is 5.45. The van der Waals surface area contributed by atoms with Gasteiger partial charge in [0.1, 0.15) is 0 Å². The topological polar surface area (TPSA) is 47.9 Å². The smallest absolute Gasteiger partial charge is 0.231 e. The maximum Gasteiger partial charge on any atom is 0.231 e. The molecule has 1 fully saturated rings. The van der Waals surface area contributed by atoms with E-state index in [-0.39, 0.29) is 6.79 Å². The lowest BCUT2D eigenvalue weighted by atomic mass is 9.91. The van der Waals surface area contributed by atoms with Crippen molar-refractivity contribution in [2.45, 2.75) is 25.4 Å². The molecule has 0 aliphatic carbocycles. The van der Waals surface area contributed by atoms with E-state index in [9.17, 15) is 5.11 Å². The van der Waals surface area contributed by atoms with Gasteiger partial charge in [-0.1, -0.05) is 11.6 Å². The molecule has 2 aliphatic rings. The van der Waals surface area contributed by atoms with Gasteiger partial charge in [0, 0.05) is 13.2 Å². The van der Waals surface area contributed by atoms with Crippen LogP contribution in [0.2, 0.25) is 5.02 Å². The summed E-state index contributed by atoms with van der Waals surface area (Å²) in [6.45, 7) is 1.77. The number of hydrogen-bond donors (Lipinski definition) is 1. The van der Waals surface area contributed by atoms with Crippen molar-refractivity contribution in [1.29, 1.82) is 0 Å². The summed E-state index contributed by atoms with van der Waals surface area (Å²) < 4.78 is 15.9. The standard InChI is InChI=1S/C14H17ClO4/c15-11-6-10(7-13-14(11)19-8-18-13)12(16)5-9-1-3-17-4-2-9/h6-7,9,12,16H,1-5,8H2. The molecule has 0 amide bonds. The molecule has 1 aromatic carbocycles. The highest BCUT2D eigenvalue weighted by Crippen LogP contribution is 2.42. The largest absolute Gasteiger partial charge is 0.454 e. The average molecular weight is 285 g/mol. The van der Waals surface area contributed by atoms with Crippen LogP contribution in [-0.4, -0.2) is 25.1 Å². The van der Waals surface area contributed by atoms with Crippen LogP contribution in [0.3, 0.4) is 0 Å². The van der Waals surface area contributed by atoms with Gasteiger partial charge in [-0.2, -0.15) is 0 Å². The summed E-state index contributed by atoms with van der Waals surface area (Å²) in [5.41, 5.74) is 0.792. The molecule has 1 N–H and O–H groups in total. The SMILES string of the molecule is OC(CC1CCOCC1)c1cc(Cl)c2c(c1)OCO2. The van der Waals surface area contributed by atoms with Crippen LogP contribution in [-0.2, 0) is 4.74 Å². The molecule has 4 nitrogen and oxygen atoms in total. The van der Waals surface area contributed by atoms with E-state index in [0.717, 1.165) is 38.0 Å². The molecule has 0 spiro atoms. The van der Waals surface area contributed by atoms with Crippen LogP contribution in [0.1, 0.15) is 30.9 Å². The number of halogens is 1. The van der Waals surface area contributed by atoms with E-state index in [1.165, 1.54) is 0 Å². The molecule has 5 heteroatoms. The minimum absolute atomic E-state index is 0.189. The first-order chi connectivity index (χ1) is 9.24. The lowest BCUT2D eigenvalue weighted by Gasteiger charge is -2.24. The Labute approximate surface area is 117 Å². The molecule has 0 aromatic heterocycles. The second-order valence-electron chi connectivity index (χ2n) is 5.04. The Balaban J connectivity index is 1.72. The fraction of sp³-hybridized carbons (Fsp3) is 0.571. The monoisotopic (exact) mass is 284 g/mol.